The van der Waals surface area contributed by atoms with Crippen molar-refractivity contribution in [3.63, 3.8) is 0 Å². The zero-order valence-electron chi connectivity index (χ0n) is 27.1. The highest BCUT2D eigenvalue weighted by Gasteiger charge is 2.43. The quantitative estimate of drug-likeness (QED) is 0.183. The van der Waals surface area contributed by atoms with Gasteiger partial charge in [-0.25, -0.2) is 0 Å². The smallest absolute Gasteiger partial charge is 0.252 e. The van der Waals surface area contributed by atoms with Crippen molar-refractivity contribution in [2.75, 3.05) is 9.80 Å². The van der Waals surface area contributed by atoms with Gasteiger partial charge in [-0.15, -0.1) is 0 Å². The topological polar surface area (TPSA) is 6.48 Å². The van der Waals surface area contributed by atoms with Crippen LogP contribution in [0.5, 0.6) is 0 Å². The molecule has 0 unspecified atom stereocenters. The van der Waals surface area contributed by atoms with Gasteiger partial charge in [0, 0.05) is 39.5 Å². The highest BCUT2D eigenvalue weighted by Crippen LogP contribution is 2.52. The average Bonchev–Trinajstić information content (AvgIpc) is 3.38. The van der Waals surface area contributed by atoms with Gasteiger partial charge >= 0.3 is 0 Å². The van der Waals surface area contributed by atoms with Crippen molar-refractivity contribution in [1.82, 2.24) is 0 Å². The monoisotopic (exact) mass is 612 g/mol. The van der Waals surface area contributed by atoms with E-state index < -0.39 is 0 Å². The Bertz CT molecular complexity index is 2390. The van der Waals surface area contributed by atoms with Gasteiger partial charge < -0.3 is 9.80 Å². The molecule has 3 heteroatoms. The van der Waals surface area contributed by atoms with Crippen molar-refractivity contribution >= 4 is 57.2 Å². The molecular formula is C45H33BN2. The molecule has 0 atom stereocenters. The molecule has 7 aromatic carbocycles. The lowest BCUT2D eigenvalue weighted by molar-refractivity contribution is 0.662. The lowest BCUT2D eigenvalue weighted by Gasteiger charge is -2.44. The Hall–Kier alpha value is -5.80. The molecule has 10 rings (SSSR count). The second-order valence-electron chi connectivity index (χ2n) is 13.7. The summed E-state index contributed by atoms with van der Waals surface area (Å²) in [6, 6.07) is 60.4. The van der Waals surface area contributed by atoms with Crippen molar-refractivity contribution in [2.24, 2.45) is 0 Å². The number of hydrogen-bond acceptors (Lipinski definition) is 2. The van der Waals surface area contributed by atoms with Gasteiger partial charge in [0.15, 0.2) is 0 Å². The van der Waals surface area contributed by atoms with Crippen LogP contribution in [-0.4, -0.2) is 6.71 Å². The van der Waals surface area contributed by atoms with E-state index in [0.29, 0.717) is 0 Å². The first-order valence-corrected chi connectivity index (χ1v) is 16.9. The number of hydrogen-bond donors (Lipinski definition) is 0. The highest BCUT2D eigenvalue weighted by molar-refractivity contribution is 7.00. The van der Waals surface area contributed by atoms with E-state index in [0.717, 1.165) is 0 Å². The predicted molar refractivity (Wildman–Crippen MR) is 203 cm³/mol. The largest absolute Gasteiger partial charge is 0.311 e. The van der Waals surface area contributed by atoms with E-state index in [4.69, 9.17) is 0 Å². The molecule has 7 aromatic rings. The standard InChI is InChI=1S/C45H33BN2/c1-45(2)36-19-7-6-16-34(36)35-18-12-17-33(43(35)45)30-26-28-32(29-27-30)48-40-23-11-9-21-38(40)46-37-20-8-10-22-39(37)47(31-14-4-3-5-15-31)41-24-13-25-42(48)44(41)46/h3-29H,1-2H3. The Labute approximate surface area is 282 Å². The van der Waals surface area contributed by atoms with E-state index in [-0.39, 0.29) is 12.1 Å². The molecule has 2 nitrogen and oxygen atoms in total. The van der Waals surface area contributed by atoms with Gasteiger partial charge in [0.1, 0.15) is 0 Å². The Morgan fingerprint density at radius 1 is 0.417 bits per heavy atom. The van der Waals surface area contributed by atoms with Crippen LogP contribution in [-0.2, 0) is 5.41 Å². The van der Waals surface area contributed by atoms with E-state index >= 15 is 0 Å². The molecule has 3 aliphatic rings. The maximum atomic E-state index is 2.47. The Morgan fingerprint density at radius 2 is 0.917 bits per heavy atom. The molecule has 0 aromatic heterocycles. The van der Waals surface area contributed by atoms with E-state index in [2.05, 4.69) is 187 Å². The second kappa shape index (κ2) is 10.1. The van der Waals surface area contributed by atoms with Crippen LogP contribution in [0.15, 0.2) is 164 Å². The molecule has 0 saturated heterocycles. The zero-order valence-corrected chi connectivity index (χ0v) is 27.1. The molecular weight excluding hydrogens is 579 g/mol. The molecule has 2 heterocycles. The SMILES string of the molecule is CC1(C)c2ccccc2-c2cccc(-c3ccc(N4c5ccccc5B5c6ccccc6N(c6ccccc6)c6cccc4c65)cc3)c21. The zero-order chi connectivity index (χ0) is 32.0. The number of anilines is 6. The highest BCUT2D eigenvalue weighted by atomic mass is 15.2. The molecule has 0 N–H and O–H groups in total. The van der Waals surface area contributed by atoms with Gasteiger partial charge in [0.05, 0.1) is 0 Å². The maximum Gasteiger partial charge on any atom is 0.252 e. The Balaban J connectivity index is 1.14. The Kier molecular flexibility index (Phi) is 5.75. The van der Waals surface area contributed by atoms with E-state index in [9.17, 15) is 0 Å². The molecule has 0 bridgehead atoms. The number of para-hydroxylation sites is 3. The molecule has 0 fully saturated rings. The van der Waals surface area contributed by atoms with E-state index in [1.165, 1.54) is 83.9 Å². The van der Waals surface area contributed by atoms with Crippen molar-refractivity contribution in [3.8, 4) is 22.3 Å². The second-order valence-corrected chi connectivity index (χ2v) is 13.7. The summed E-state index contributed by atoms with van der Waals surface area (Å²) in [5.74, 6) is 0. The number of fused-ring (bicyclic) bond motifs is 7. The van der Waals surface area contributed by atoms with Crippen LogP contribution in [0, 0.1) is 0 Å². The predicted octanol–water partition coefficient (Wildman–Crippen LogP) is 9.74. The third-order valence-corrected chi connectivity index (χ3v) is 10.8. The van der Waals surface area contributed by atoms with E-state index in [1.54, 1.807) is 0 Å². The van der Waals surface area contributed by atoms with Crippen LogP contribution < -0.4 is 26.2 Å². The van der Waals surface area contributed by atoms with Gasteiger partial charge in [-0.3, -0.25) is 0 Å². The van der Waals surface area contributed by atoms with Crippen LogP contribution in [0.1, 0.15) is 25.0 Å². The molecule has 0 saturated carbocycles. The van der Waals surface area contributed by atoms with Crippen molar-refractivity contribution < 1.29 is 0 Å². The summed E-state index contributed by atoms with van der Waals surface area (Å²) in [5.41, 5.74) is 19.3. The first-order chi connectivity index (χ1) is 23.6. The third kappa shape index (κ3) is 3.70. The fourth-order valence-corrected chi connectivity index (χ4v) is 8.85. The lowest BCUT2D eigenvalue weighted by atomic mass is 9.33. The summed E-state index contributed by atoms with van der Waals surface area (Å²) in [6.07, 6.45) is 0. The van der Waals surface area contributed by atoms with E-state index in [1.807, 2.05) is 0 Å². The lowest BCUT2D eigenvalue weighted by Crippen LogP contribution is -2.61. The summed E-state index contributed by atoms with van der Waals surface area (Å²) in [4.78, 5) is 4.91. The fraction of sp³-hybridized carbons (Fsp3) is 0.0667. The van der Waals surface area contributed by atoms with Gasteiger partial charge in [-0.05, 0) is 98.3 Å². The molecule has 1 aliphatic carbocycles. The minimum Gasteiger partial charge on any atom is -0.311 e. The normalized spacial score (nSPS) is 14.5. The maximum absolute atomic E-state index is 2.47. The van der Waals surface area contributed by atoms with Crippen LogP contribution in [0.25, 0.3) is 22.3 Å². The first-order valence-electron chi connectivity index (χ1n) is 16.9. The van der Waals surface area contributed by atoms with Crippen LogP contribution >= 0.6 is 0 Å². The number of rotatable bonds is 3. The van der Waals surface area contributed by atoms with Gasteiger partial charge in [0.25, 0.3) is 6.71 Å². The fourth-order valence-electron chi connectivity index (χ4n) is 8.85. The van der Waals surface area contributed by atoms with Crippen molar-refractivity contribution in [1.29, 1.82) is 0 Å². The molecule has 0 amide bonds. The third-order valence-electron chi connectivity index (χ3n) is 10.8. The summed E-state index contributed by atoms with van der Waals surface area (Å²) < 4.78 is 0. The molecule has 2 aliphatic heterocycles. The van der Waals surface area contributed by atoms with Crippen molar-refractivity contribution in [2.45, 2.75) is 19.3 Å². The summed E-state index contributed by atoms with van der Waals surface area (Å²) in [6.45, 7) is 4.88. The van der Waals surface area contributed by atoms with Gasteiger partial charge in [0.2, 0.25) is 0 Å². The van der Waals surface area contributed by atoms with Crippen LogP contribution in [0.2, 0.25) is 0 Å². The number of benzene rings is 7. The van der Waals surface area contributed by atoms with Crippen LogP contribution in [0.4, 0.5) is 34.1 Å². The molecule has 48 heavy (non-hydrogen) atoms. The molecule has 0 spiro atoms. The average molecular weight is 613 g/mol. The number of nitrogens with zero attached hydrogens (tertiary/aromatic N) is 2. The van der Waals surface area contributed by atoms with Gasteiger partial charge in [-0.2, -0.15) is 0 Å². The molecule has 0 radical (unpaired) electrons. The summed E-state index contributed by atoms with van der Waals surface area (Å²) in [7, 11) is 0. The van der Waals surface area contributed by atoms with Gasteiger partial charge in [-0.1, -0.05) is 129 Å². The Morgan fingerprint density at radius 3 is 1.60 bits per heavy atom. The minimum absolute atomic E-state index is 0.0635. The van der Waals surface area contributed by atoms with Crippen LogP contribution in [0.3, 0.4) is 0 Å². The first kappa shape index (κ1) is 27.3. The molecule has 226 valence electrons. The van der Waals surface area contributed by atoms with Crippen molar-refractivity contribution in [3.05, 3.63) is 175 Å². The summed E-state index contributed by atoms with van der Waals surface area (Å²) in [5, 5.41) is 0. The summed E-state index contributed by atoms with van der Waals surface area (Å²) >= 11 is 0. The minimum atomic E-state index is -0.0635.